The summed E-state index contributed by atoms with van der Waals surface area (Å²) in [6.07, 6.45) is 3.05. The van der Waals surface area contributed by atoms with Crippen LogP contribution in [-0.4, -0.2) is 59.4 Å². The van der Waals surface area contributed by atoms with Crippen molar-refractivity contribution in [3.05, 3.63) is 41.7 Å². The van der Waals surface area contributed by atoms with Crippen LogP contribution in [-0.2, 0) is 4.74 Å². The fourth-order valence-corrected chi connectivity index (χ4v) is 3.11. The number of amides is 1. The van der Waals surface area contributed by atoms with Crippen LogP contribution in [0.5, 0.6) is 5.88 Å². The van der Waals surface area contributed by atoms with Crippen molar-refractivity contribution in [3.8, 4) is 5.88 Å². The van der Waals surface area contributed by atoms with Gasteiger partial charge >= 0.3 is 5.97 Å². The van der Waals surface area contributed by atoms with Gasteiger partial charge in [-0.1, -0.05) is 0 Å². The first-order valence-corrected chi connectivity index (χ1v) is 8.82. The molecule has 1 fully saturated rings. The Labute approximate surface area is 162 Å². The second-order valence-electron chi connectivity index (χ2n) is 6.61. The second-order valence-corrected chi connectivity index (χ2v) is 6.61. The molecule has 1 aliphatic rings. The average molecular weight is 386 g/mol. The maximum atomic E-state index is 12.5. The van der Waals surface area contributed by atoms with Crippen LogP contribution in [0, 0.1) is 0 Å². The van der Waals surface area contributed by atoms with E-state index in [-0.39, 0.29) is 29.3 Å². The van der Waals surface area contributed by atoms with Gasteiger partial charge in [-0.2, -0.15) is 0 Å². The Hall–Kier alpha value is -3.20. The summed E-state index contributed by atoms with van der Waals surface area (Å²) in [6, 6.07) is 4.76. The number of nitrogens with zero attached hydrogens (tertiary/aromatic N) is 3. The molecule has 0 radical (unpaired) electrons. The van der Waals surface area contributed by atoms with Crippen molar-refractivity contribution in [2.75, 3.05) is 30.4 Å². The number of ether oxygens (including phenoxy) is 2. The molecule has 2 N–H and O–H groups in total. The molecule has 0 aliphatic carbocycles. The molecule has 3 rings (SSSR count). The van der Waals surface area contributed by atoms with E-state index in [2.05, 4.69) is 20.2 Å². The fraction of sp³-hybridized carbons (Fsp3) is 0.368. The van der Waals surface area contributed by atoms with E-state index >= 15 is 0 Å². The van der Waals surface area contributed by atoms with E-state index in [0.717, 1.165) is 18.9 Å². The summed E-state index contributed by atoms with van der Waals surface area (Å²) < 4.78 is 10.6. The third-order valence-electron chi connectivity index (χ3n) is 4.29. The van der Waals surface area contributed by atoms with Crippen molar-refractivity contribution >= 4 is 23.4 Å². The number of hydrogen-bond acceptors (Lipinski definition) is 7. The molecular weight excluding hydrogens is 364 g/mol. The summed E-state index contributed by atoms with van der Waals surface area (Å²) >= 11 is 0. The Balaban J connectivity index is 1.71. The molecule has 2 aromatic rings. The third kappa shape index (κ3) is 4.37. The van der Waals surface area contributed by atoms with Crippen LogP contribution < -0.4 is 15.0 Å². The first-order chi connectivity index (χ1) is 13.4. The Kier molecular flexibility index (Phi) is 5.74. The monoisotopic (exact) mass is 386 g/mol. The van der Waals surface area contributed by atoms with Crippen LogP contribution in [0.3, 0.4) is 0 Å². The van der Waals surface area contributed by atoms with Crippen LogP contribution >= 0.6 is 0 Å². The molecule has 0 aromatic carbocycles. The minimum atomic E-state index is -1.19. The maximum Gasteiger partial charge on any atom is 0.341 e. The quantitative estimate of drug-likeness (QED) is 0.803. The van der Waals surface area contributed by atoms with Crippen LogP contribution in [0.15, 0.2) is 30.6 Å². The zero-order valence-electron chi connectivity index (χ0n) is 15.9. The number of hydrogen-bond donors (Lipinski definition) is 2. The van der Waals surface area contributed by atoms with Gasteiger partial charge < -0.3 is 24.8 Å². The molecule has 2 atom stereocenters. The topological polar surface area (TPSA) is 114 Å². The summed E-state index contributed by atoms with van der Waals surface area (Å²) in [5.74, 6) is -0.852. The Morgan fingerprint density at radius 3 is 2.50 bits per heavy atom. The van der Waals surface area contributed by atoms with Crippen molar-refractivity contribution in [2.45, 2.75) is 26.1 Å². The first-order valence-electron chi connectivity index (χ1n) is 8.82. The van der Waals surface area contributed by atoms with Crippen molar-refractivity contribution in [3.63, 3.8) is 0 Å². The van der Waals surface area contributed by atoms with E-state index in [9.17, 15) is 14.7 Å². The fourth-order valence-electron chi connectivity index (χ4n) is 3.11. The summed E-state index contributed by atoms with van der Waals surface area (Å²) in [6.45, 7) is 5.49. The number of carbonyl (C=O) groups is 2. The Morgan fingerprint density at radius 2 is 1.93 bits per heavy atom. The zero-order chi connectivity index (χ0) is 20.3. The summed E-state index contributed by atoms with van der Waals surface area (Å²) in [5.41, 5.74) is 0.471. The minimum absolute atomic E-state index is 0.0227. The molecule has 0 spiro atoms. The Bertz CT molecular complexity index is 861. The summed E-state index contributed by atoms with van der Waals surface area (Å²) in [7, 11) is 1.33. The van der Waals surface area contributed by atoms with Crippen LogP contribution in [0.4, 0.5) is 11.5 Å². The van der Waals surface area contributed by atoms with Gasteiger partial charge in [0.05, 0.1) is 36.8 Å². The number of anilines is 2. The number of carboxylic acids is 1. The van der Waals surface area contributed by atoms with Gasteiger partial charge in [-0.15, -0.1) is 0 Å². The molecule has 3 heterocycles. The molecule has 9 heteroatoms. The first kappa shape index (κ1) is 19.6. The number of carboxylic acid groups (broad SMARTS) is 1. The number of carbonyl (C=O) groups excluding carboxylic acids is 1. The lowest BCUT2D eigenvalue weighted by atomic mass is 10.2. The zero-order valence-corrected chi connectivity index (χ0v) is 15.9. The molecule has 2 aromatic heterocycles. The van der Waals surface area contributed by atoms with Crippen molar-refractivity contribution in [2.24, 2.45) is 0 Å². The van der Waals surface area contributed by atoms with Crippen LogP contribution in [0.25, 0.3) is 0 Å². The predicted molar refractivity (Wildman–Crippen MR) is 102 cm³/mol. The summed E-state index contributed by atoms with van der Waals surface area (Å²) in [4.78, 5) is 34.1. The lowest BCUT2D eigenvalue weighted by Crippen LogP contribution is -2.45. The van der Waals surface area contributed by atoms with Crippen molar-refractivity contribution in [1.29, 1.82) is 0 Å². The molecule has 148 valence electrons. The molecule has 0 bridgehead atoms. The van der Waals surface area contributed by atoms with Gasteiger partial charge in [-0.05, 0) is 32.0 Å². The molecule has 28 heavy (non-hydrogen) atoms. The molecule has 9 nitrogen and oxygen atoms in total. The van der Waals surface area contributed by atoms with E-state index in [1.807, 2.05) is 13.8 Å². The smallest absolute Gasteiger partial charge is 0.341 e. The standard InChI is InChI=1S/C19H22N4O5/c1-11-9-23(10-12(2)28-11)16-5-4-13(7-20-16)17(24)22-14-6-15(19(25)26)18(27-3)21-8-14/h4-8,11-12H,9-10H2,1-3H3,(H,22,24)(H,25,26). The molecule has 1 aliphatic heterocycles. The van der Waals surface area contributed by atoms with Gasteiger partial charge in [-0.25, -0.2) is 14.8 Å². The minimum Gasteiger partial charge on any atom is -0.480 e. The van der Waals surface area contributed by atoms with Gasteiger partial charge in [0.2, 0.25) is 5.88 Å². The van der Waals surface area contributed by atoms with Crippen LogP contribution in [0.2, 0.25) is 0 Å². The van der Waals surface area contributed by atoms with E-state index in [1.165, 1.54) is 25.6 Å². The molecule has 1 saturated heterocycles. The molecular formula is C19H22N4O5. The highest BCUT2D eigenvalue weighted by molar-refractivity contribution is 6.04. The maximum absolute atomic E-state index is 12.5. The van der Waals surface area contributed by atoms with Gasteiger partial charge in [0.15, 0.2) is 0 Å². The van der Waals surface area contributed by atoms with Crippen LogP contribution in [0.1, 0.15) is 34.6 Å². The highest BCUT2D eigenvalue weighted by atomic mass is 16.5. The van der Waals surface area contributed by atoms with Crippen molar-refractivity contribution < 1.29 is 24.2 Å². The van der Waals surface area contributed by atoms with E-state index < -0.39 is 11.9 Å². The number of rotatable bonds is 5. The number of aromatic nitrogens is 2. The van der Waals surface area contributed by atoms with E-state index in [0.29, 0.717) is 5.56 Å². The van der Waals surface area contributed by atoms with Gasteiger partial charge in [0.1, 0.15) is 11.4 Å². The van der Waals surface area contributed by atoms with Gasteiger partial charge in [-0.3, -0.25) is 4.79 Å². The predicted octanol–water partition coefficient (Wildman–Crippen LogP) is 2.05. The van der Waals surface area contributed by atoms with E-state index in [1.54, 1.807) is 12.1 Å². The highest BCUT2D eigenvalue weighted by Gasteiger charge is 2.23. The number of aromatic carboxylic acids is 1. The number of nitrogens with one attached hydrogen (secondary N) is 1. The molecule has 2 unspecified atom stereocenters. The number of methoxy groups -OCH3 is 1. The van der Waals surface area contributed by atoms with Crippen molar-refractivity contribution in [1.82, 2.24) is 9.97 Å². The molecule has 0 saturated carbocycles. The number of pyridine rings is 2. The summed E-state index contributed by atoms with van der Waals surface area (Å²) in [5, 5.41) is 11.8. The van der Waals surface area contributed by atoms with Gasteiger partial charge in [0.25, 0.3) is 5.91 Å². The second kappa shape index (κ2) is 8.22. The largest absolute Gasteiger partial charge is 0.480 e. The lowest BCUT2D eigenvalue weighted by Gasteiger charge is -2.36. The molecule has 1 amide bonds. The van der Waals surface area contributed by atoms with E-state index in [4.69, 9.17) is 9.47 Å². The lowest BCUT2D eigenvalue weighted by molar-refractivity contribution is -0.00546. The highest BCUT2D eigenvalue weighted by Crippen LogP contribution is 2.21. The Morgan fingerprint density at radius 1 is 1.21 bits per heavy atom. The normalized spacial score (nSPS) is 19.2. The third-order valence-corrected chi connectivity index (χ3v) is 4.29. The van der Waals surface area contributed by atoms with Gasteiger partial charge in [0, 0.05) is 19.3 Å². The number of morpholine rings is 1. The SMILES string of the molecule is COc1ncc(NC(=O)c2ccc(N3CC(C)OC(C)C3)nc2)cc1C(=O)O. The average Bonchev–Trinajstić information content (AvgIpc) is 2.67.